The molecular formula is C31H36BrN3O4. The Morgan fingerprint density at radius 2 is 1.08 bits per heavy atom. The van der Waals surface area contributed by atoms with Crippen LogP contribution in [0, 0.1) is 11.3 Å². The Hall–Kier alpha value is -3.05. The van der Waals surface area contributed by atoms with E-state index in [2.05, 4.69) is 35.8 Å². The van der Waals surface area contributed by atoms with Gasteiger partial charge in [-0.1, -0.05) is 78.1 Å². The maximum Gasteiger partial charge on any atom is 0.262 e. The Bertz CT molecular complexity index is 1360. The van der Waals surface area contributed by atoms with Crippen LogP contribution in [0.2, 0.25) is 0 Å². The van der Waals surface area contributed by atoms with E-state index in [-0.39, 0.29) is 46.3 Å². The Morgan fingerprint density at radius 3 is 1.59 bits per heavy atom. The van der Waals surface area contributed by atoms with E-state index in [9.17, 15) is 24.4 Å². The van der Waals surface area contributed by atoms with Crippen LogP contribution in [0.1, 0.15) is 138 Å². The van der Waals surface area contributed by atoms with Crippen LogP contribution in [-0.2, 0) is 0 Å². The predicted molar refractivity (Wildman–Crippen MR) is 154 cm³/mol. The molecule has 0 saturated heterocycles. The molecule has 0 aromatic heterocycles. The lowest BCUT2D eigenvalue weighted by atomic mass is 9.83. The summed E-state index contributed by atoms with van der Waals surface area (Å²) in [6, 6.07) is 5.08. The number of hydrogen-bond acceptors (Lipinski definition) is 5. The van der Waals surface area contributed by atoms with Crippen molar-refractivity contribution in [2.45, 2.75) is 90.9 Å². The minimum atomic E-state index is -0.535. The highest BCUT2D eigenvalue weighted by molar-refractivity contribution is 9.10. The molecule has 8 heteroatoms. The number of imide groups is 2. The van der Waals surface area contributed by atoms with Crippen molar-refractivity contribution >= 4 is 50.3 Å². The van der Waals surface area contributed by atoms with Crippen LogP contribution in [-0.4, -0.2) is 46.5 Å². The number of carbonyl (C=O) groups excluding carboxylic acids is 4. The molecule has 7 nitrogen and oxygen atoms in total. The number of amides is 4. The van der Waals surface area contributed by atoms with Crippen molar-refractivity contribution in [1.29, 1.82) is 5.26 Å². The van der Waals surface area contributed by atoms with Gasteiger partial charge in [-0.2, -0.15) is 5.26 Å². The van der Waals surface area contributed by atoms with Crippen molar-refractivity contribution in [1.82, 2.24) is 9.80 Å². The highest BCUT2D eigenvalue weighted by Gasteiger charge is 2.42. The van der Waals surface area contributed by atoms with E-state index in [0.29, 0.717) is 22.7 Å². The van der Waals surface area contributed by atoms with Crippen LogP contribution >= 0.6 is 15.9 Å². The minimum Gasteiger partial charge on any atom is -0.274 e. The first-order valence-corrected chi connectivity index (χ1v) is 15.1. The molecule has 2 aliphatic heterocycles. The van der Waals surface area contributed by atoms with E-state index in [1.54, 1.807) is 6.07 Å². The van der Waals surface area contributed by atoms with E-state index < -0.39 is 23.6 Å². The number of nitriles is 1. The molecular weight excluding hydrogens is 558 g/mol. The molecule has 0 radical (unpaired) electrons. The van der Waals surface area contributed by atoms with Crippen molar-refractivity contribution in [2.75, 3.05) is 13.1 Å². The summed E-state index contributed by atoms with van der Waals surface area (Å²) in [7, 11) is 0. The maximum atomic E-state index is 13.6. The van der Waals surface area contributed by atoms with Crippen molar-refractivity contribution in [3.05, 3.63) is 44.4 Å². The van der Waals surface area contributed by atoms with Crippen molar-refractivity contribution in [3.63, 3.8) is 0 Å². The zero-order valence-corrected chi connectivity index (χ0v) is 24.5. The van der Waals surface area contributed by atoms with Crippen molar-refractivity contribution in [3.8, 4) is 6.07 Å². The average Bonchev–Trinajstić information content (AvgIpc) is 2.92. The maximum absolute atomic E-state index is 13.6. The fraction of sp³-hybridized carbons (Fsp3) is 0.516. The smallest absolute Gasteiger partial charge is 0.262 e. The van der Waals surface area contributed by atoms with Gasteiger partial charge in [0.25, 0.3) is 23.6 Å². The third-order valence-corrected chi connectivity index (χ3v) is 8.44. The van der Waals surface area contributed by atoms with Gasteiger partial charge in [0.05, 0.1) is 22.3 Å². The van der Waals surface area contributed by atoms with Crippen LogP contribution in [0.3, 0.4) is 0 Å². The van der Waals surface area contributed by atoms with Gasteiger partial charge >= 0.3 is 0 Å². The molecule has 2 aliphatic rings. The van der Waals surface area contributed by atoms with E-state index in [1.807, 2.05) is 0 Å². The summed E-state index contributed by atoms with van der Waals surface area (Å²) < 4.78 is 0.412. The molecule has 0 unspecified atom stereocenters. The van der Waals surface area contributed by atoms with Gasteiger partial charge in [0, 0.05) is 33.9 Å². The number of hydrogen-bond donors (Lipinski definition) is 0. The van der Waals surface area contributed by atoms with Crippen molar-refractivity contribution in [2.24, 2.45) is 0 Å². The Kier molecular flexibility index (Phi) is 9.55. The zero-order valence-electron chi connectivity index (χ0n) is 22.9. The summed E-state index contributed by atoms with van der Waals surface area (Å²) in [5.41, 5.74) is 0.864. The second-order valence-electron chi connectivity index (χ2n) is 10.5. The van der Waals surface area contributed by atoms with Crippen LogP contribution in [0.5, 0.6) is 0 Å². The van der Waals surface area contributed by atoms with Gasteiger partial charge in [-0.25, -0.2) is 0 Å². The number of unbranched alkanes of at least 4 members (excludes halogenated alkanes) is 10. The molecule has 0 fully saturated rings. The molecule has 2 aromatic carbocycles. The minimum absolute atomic E-state index is 0.0553. The van der Waals surface area contributed by atoms with Gasteiger partial charge in [0.15, 0.2) is 0 Å². The van der Waals surface area contributed by atoms with Crippen LogP contribution in [0.25, 0.3) is 10.8 Å². The highest BCUT2D eigenvalue weighted by Crippen LogP contribution is 2.42. The lowest BCUT2D eigenvalue weighted by molar-refractivity contribution is 0.0585. The molecule has 39 heavy (non-hydrogen) atoms. The topological polar surface area (TPSA) is 98.6 Å². The summed E-state index contributed by atoms with van der Waals surface area (Å²) in [5.74, 6) is -1.91. The first kappa shape index (κ1) is 28.9. The first-order chi connectivity index (χ1) is 18.9. The normalized spacial score (nSPS) is 14.5. The average molecular weight is 595 g/mol. The fourth-order valence-corrected chi connectivity index (χ4v) is 6.31. The van der Waals surface area contributed by atoms with E-state index in [4.69, 9.17) is 0 Å². The van der Waals surface area contributed by atoms with E-state index in [1.165, 1.54) is 22.3 Å². The monoisotopic (exact) mass is 593 g/mol. The van der Waals surface area contributed by atoms with Gasteiger partial charge in [-0.05, 0) is 40.9 Å². The number of benzene rings is 2. The summed E-state index contributed by atoms with van der Waals surface area (Å²) >= 11 is 3.49. The molecule has 0 saturated carbocycles. The third-order valence-electron chi connectivity index (χ3n) is 7.82. The van der Waals surface area contributed by atoms with Gasteiger partial charge in [0.2, 0.25) is 0 Å². The molecule has 206 valence electrons. The van der Waals surface area contributed by atoms with Crippen molar-refractivity contribution < 1.29 is 19.2 Å². The standard InChI is InChI=1S/C31H36BrN3O4/c1-3-5-7-9-11-13-15-34-29(37)22-18-23(32)27-26-21(17-20(19-33)24(25(22)26)30(34)38)28(36)35(31(27)39)16-14-12-10-8-6-4-2/h17-18H,3-16H2,1-2H3. The third kappa shape index (κ3) is 5.51. The molecule has 0 N–H and O–H groups in total. The summed E-state index contributed by atoms with van der Waals surface area (Å²) in [4.78, 5) is 56.8. The molecule has 0 bridgehead atoms. The molecule has 0 spiro atoms. The Balaban J connectivity index is 1.68. The fourth-order valence-electron chi connectivity index (χ4n) is 5.71. The second kappa shape index (κ2) is 12.9. The number of rotatable bonds is 14. The van der Waals surface area contributed by atoms with Crippen LogP contribution in [0.15, 0.2) is 16.6 Å². The first-order valence-electron chi connectivity index (χ1n) is 14.3. The largest absolute Gasteiger partial charge is 0.274 e. The number of nitrogens with zero attached hydrogens (tertiary/aromatic N) is 3. The van der Waals surface area contributed by atoms with Crippen LogP contribution in [0.4, 0.5) is 0 Å². The molecule has 0 aliphatic carbocycles. The Labute approximate surface area is 238 Å². The van der Waals surface area contributed by atoms with Gasteiger partial charge in [0.1, 0.15) is 6.07 Å². The van der Waals surface area contributed by atoms with Gasteiger partial charge < -0.3 is 0 Å². The number of carbonyl (C=O) groups is 4. The summed E-state index contributed by atoms with van der Waals surface area (Å²) in [6.07, 6.45) is 12.1. The lowest BCUT2D eigenvalue weighted by Crippen LogP contribution is -2.44. The van der Waals surface area contributed by atoms with Gasteiger partial charge in [-0.3, -0.25) is 29.0 Å². The number of halogens is 1. The zero-order chi connectivity index (χ0) is 28.1. The quantitative estimate of drug-likeness (QED) is 0.168. The second-order valence-corrected chi connectivity index (χ2v) is 11.4. The SMILES string of the molecule is CCCCCCCCN1C(=O)c2cc(C#N)c3c4c(cc(Br)c(c24)C1=O)C(=O)N(CCCCCCCC)C3=O. The molecule has 4 amide bonds. The predicted octanol–water partition coefficient (Wildman–Crippen LogP) is 7.39. The molecule has 0 atom stereocenters. The van der Waals surface area contributed by atoms with Gasteiger partial charge in [-0.15, -0.1) is 0 Å². The highest BCUT2D eigenvalue weighted by atomic mass is 79.9. The van der Waals surface area contributed by atoms with E-state index >= 15 is 0 Å². The molecule has 2 aromatic rings. The van der Waals surface area contributed by atoms with Crippen LogP contribution < -0.4 is 0 Å². The Morgan fingerprint density at radius 1 is 0.641 bits per heavy atom. The molecule has 4 rings (SSSR count). The lowest BCUT2D eigenvalue weighted by Gasteiger charge is -2.33. The molecule has 2 heterocycles. The van der Waals surface area contributed by atoms with E-state index in [0.717, 1.165) is 57.8 Å². The summed E-state index contributed by atoms with van der Waals surface area (Å²) in [6.45, 7) is 4.85. The summed E-state index contributed by atoms with van der Waals surface area (Å²) in [5, 5.41) is 10.5.